The first-order valence-corrected chi connectivity index (χ1v) is 51.6. The highest BCUT2D eigenvalue weighted by Crippen LogP contribution is 2.49. The summed E-state index contributed by atoms with van der Waals surface area (Å²) in [7, 11) is 0. The van der Waals surface area contributed by atoms with Gasteiger partial charge in [-0.2, -0.15) is 0 Å². The Bertz CT molecular complexity index is 9410. The highest BCUT2D eigenvalue weighted by molar-refractivity contribution is 7.22. The molecule has 0 amide bonds. The Balaban J connectivity index is 0.000000141. The fraction of sp³-hybridized carbons (Fsp3) is 0. The van der Waals surface area contributed by atoms with Gasteiger partial charge >= 0.3 is 0 Å². The number of fused-ring (bicyclic) bond motifs is 16. The van der Waals surface area contributed by atoms with Crippen LogP contribution in [0.2, 0.25) is 0 Å². The molecule has 8 heterocycles. The van der Waals surface area contributed by atoms with Crippen LogP contribution in [0.3, 0.4) is 0 Å². The second kappa shape index (κ2) is 35.1. The van der Waals surface area contributed by atoms with Crippen molar-refractivity contribution in [3.63, 3.8) is 0 Å². The SMILES string of the molecule is c1ccc(-c2ccc(-c3ccc(N(c4ccc5c(c4)c4ccccc4n5-c4ccc(-c5nc6ccccc6s5)cc4)c4ccc5c(c4)c4ccccc4n5-c4ccc(-c5nc6ccccc6s5)cc4)cc3)cc2)cc1.c1ccc(-c2ccc(N(c3ccc4c(c3)c3ccccc3n4-c3ccc(-c4nc5ccccc5s4)cc3)c3ccc4c(c3)c3ccccc3n4-c3ccc(-c4nc5ccccc5s4)cc3)cc2)cc1. The molecule has 0 aliphatic rings. The van der Waals surface area contributed by atoms with Crippen LogP contribution in [-0.2, 0) is 0 Å². The van der Waals surface area contributed by atoms with Crippen LogP contribution < -0.4 is 9.80 Å². The van der Waals surface area contributed by atoms with E-state index >= 15 is 0 Å². The third-order valence-corrected chi connectivity index (χ3v) is 32.3. The smallest absolute Gasteiger partial charge is 0.124 e. The minimum atomic E-state index is 1.03. The lowest BCUT2D eigenvalue weighted by molar-refractivity contribution is 1.18. The standard InChI is InChI=1S/C68H43N5S2.C62H39N5S2/c1-2-12-44(13-3-1)45-22-24-46(25-23-45)47-26-32-50(33-27-47)71(53-38-40-63-57(42-53)55-14-4-8-18-61(55)72(63)51-34-28-48(29-35-51)67-69-59-16-6-10-20-65(59)74-67)54-39-41-64-58(43-54)56-15-5-9-19-62(56)73(64)52-36-30-49(31-37-52)68-70-60-17-7-11-21-66(60)75-68;1-2-12-40(13-3-1)41-22-28-44(29-23-41)65(47-34-36-57-51(38-47)49-14-4-8-18-55(49)66(57)45-30-24-42(25-31-45)61-63-53-16-6-10-20-59(53)68-61)48-35-37-58-52(39-48)50-15-5-9-19-56(50)67(58)46-32-26-43(27-33-46)62-64-54-17-7-11-21-60(54)69-62/h1-43H;1-39H. The molecule has 0 aliphatic carbocycles. The van der Waals surface area contributed by atoms with Crippen molar-refractivity contribution in [2.24, 2.45) is 0 Å². The first-order chi connectivity index (χ1) is 71.3. The molecule has 0 unspecified atom stereocenters. The van der Waals surface area contributed by atoms with Gasteiger partial charge in [0.15, 0.2) is 0 Å². The van der Waals surface area contributed by atoms with Gasteiger partial charge in [0.2, 0.25) is 0 Å². The van der Waals surface area contributed by atoms with Gasteiger partial charge < -0.3 is 28.1 Å². The van der Waals surface area contributed by atoms with E-state index in [1.807, 2.05) is 0 Å². The largest absolute Gasteiger partial charge is 0.310 e. The molecule has 0 saturated heterocycles. The van der Waals surface area contributed by atoms with E-state index in [1.165, 1.54) is 106 Å². The monoisotopic (exact) mass is 1910 g/mol. The third kappa shape index (κ3) is 14.8. The van der Waals surface area contributed by atoms with Gasteiger partial charge in [-0.05, 0) is 300 Å². The number of nitrogens with zero attached hydrogens (tertiary/aromatic N) is 10. The minimum Gasteiger partial charge on any atom is -0.310 e. The average Bonchev–Trinajstić information content (AvgIpc) is 1.59. The lowest BCUT2D eigenvalue weighted by atomic mass is 10.00. The predicted octanol–water partition coefficient (Wildman–Crippen LogP) is 36.8. The van der Waals surface area contributed by atoms with Crippen molar-refractivity contribution in [2.75, 3.05) is 9.80 Å². The molecule has 676 valence electrons. The lowest BCUT2D eigenvalue weighted by Gasteiger charge is -2.26. The van der Waals surface area contributed by atoms with E-state index < -0.39 is 0 Å². The molecule has 144 heavy (non-hydrogen) atoms. The Labute approximate surface area is 844 Å². The Morgan fingerprint density at radius 3 is 0.576 bits per heavy atom. The van der Waals surface area contributed by atoms with Crippen molar-refractivity contribution >= 4 is 208 Å². The van der Waals surface area contributed by atoms with Crippen LogP contribution in [0.25, 0.3) is 227 Å². The molecule has 8 aromatic heterocycles. The number of anilines is 6. The van der Waals surface area contributed by atoms with Crippen LogP contribution in [0.15, 0.2) is 497 Å². The second-order valence-corrected chi connectivity index (χ2v) is 40.5. The normalized spacial score (nSPS) is 11.8. The maximum atomic E-state index is 4.95. The number of benzene rings is 21. The van der Waals surface area contributed by atoms with Crippen LogP contribution in [0.5, 0.6) is 0 Å². The summed E-state index contributed by atoms with van der Waals surface area (Å²) in [5, 5.41) is 13.7. The fourth-order valence-corrected chi connectivity index (χ4v) is 25.0. The Kier molecular flexibility index (Phi) is 20.5. The van der Waals surface area contributed by atoms with Crippen molar-refractivity contribution < 1.29 is 0 Å². The highest BCUT2D eigenvalue weighted by atomic mass is 32.1. The average molecular weight is 1910 g/mol. The quantitative estimate of drug-likeness (QED) is 0.0904. The molecule has 0 spiro atoms. The molecule has 29 aromatic rings. The van der Waals surface area contributed by atoms with Gasteiger partial charge in [0, 0.05) is 122 Å². The van der Waals surface area contributed by atoms with Gasteiger partial charge in [0.25, 0.3) is 0 Å². The summed E-state index contributed by atoms with van der Waals surface area (Å²) in [5.74, 6) is 0. The molecule has 0 aliphatic heterocycles. The predicted molar refractivity (Wildman–Crippen MR) is 610 cm³/mol. The van der Waals surface area contributed by atoms with Gasteiger partial charge in [-0.1, -0.05) is 231 Å². The fourth-order valence-electron chi connectivity index (χ4n) is 21.1. The van der Waals surface area contributed by atoms with Crippen LogP contribution in [0.1, 0.15) is 0 Å². The molecule has 0 bridgehead atoms. The molecule has 0 N–H and O–H groups in total. The summed E-state index contributed by atoms with van der Waals surface area (Å²) in [6.07, 6.45) is 0. The zero-order valence-electron chi connectivity index (χ0n) is 77.4. The number of hydrogen-bond donors (Lipinski definition) is 0. The Hall–Kier alpha value is -18.0. The number of para-hydroxylation sites is 8. The third-order valence-electron chi connectivity index (χ3n) is 28.0. The summed E-state index contributed by atoms with van der Waals surface area (Å²) < 4.78 is 14.4. The second-order valence-electron chi connectivity index (χ2n) is 36.4. The summed E-state index contributed by atoms with van der Waals surface area (Å²) in [6, 6.07) is 180. The molecular formula is C130H82N10S4. The summed E-state index contributed by atoms with van der Waals surface area (Å²) >= 11 is 6.94. The molecule has 10 nitrogen and oxygen atoms in total. The van der Waals surface area contributed by atoms with Crippen LogP contribution in [-0.4, -0.2) is 38.2 Å². The van der Waals surface area contributed by atoms with Crippen molar-refractivity contribution in [2.45, 2.75) is 0 Å². The minimum absolute atomic E-state index is 1.03. The molecule has 0 fully saturated rings. The van der Waals surface area contributed by atoms with Crippen LogP contribution in [0, 0.1) is 0 Å². The number of aromatic nitrogens is 8. The Morgan fingerprint density at radius 1 is 0.146 bits per heavy atom. The first-order valence-electron chi connectivity index (χ1n) is 48.3. The first kappa shape index (κ1) is 84.1. The van der Waals surface area contributed by atoms with Crippen LogP contribution >= 0.6 is 45.3 Å². The van der Waals surface area contributed by atoms with E-state index in [0.29, 0.717) is 0 Å². The van der Waals surface area contributed by atoms with E-state index in [4.69, 9.17) is 19.9 Å². The maximum absolute atomic E-state index is 4.95. The van der Waals surface area contributed by atoms with Crippen molar-refractivity contribution in [3.05, 3.63) is 497 Å². The number of hydrogen-bond acceptors (Lipinski definition) is 10. The Morgan fingerprint density at radius 2 is 0.333 bits per heavy atom. The van der Waals surface area contributed by atoms with E-state index in [0.717, 1.165) is 154 Å². The van der Waals surface area contributed by atoms with Crippen molar-refractivity contribution in [1.29, 1.82) is 0 Å². The highest BCUT2D eigenvalue weighted by Gasteiger charge is 2.26. The summed E-state index contributed by atoms with van der Waals surface area (Å²) in [6.45, 7) is 0. The molecule has 14 heteroatoms. The van der Waals surface area contributed by atoms with Gasteiger partial charge in [-0.3, -0.25) is 0 Å². The van der Waals surface area contributed by atoms with Crippen molar-refractivity contribution in [3.8, 4) is 98.4 Å². The molecule has 21 aromatic carbocycles. The van der Waals surface area contributed by atoms with E-state index in [9.17, 15) is 0 Å². The summed E-state index contributed by atoms with van der Waals surface area (Å²) in [5.41, 5.74) is 35.9. The van der Waals surface area contributed by atoms with Crippen LogP contribution in [0.4, 0.5) is 34.1 Å². The maximum Gasteiger partial charge on any atom is 0.124 e. The molecular weight excluding hydrogens is 1830 g/mol. The van der Waals surface area contributed by atoms with Gasteiger partial charge in [-0.25, -0.2) is 19.9 Å². The zero-order valence-corrected chi connectivity index (χ0v) is 80.7. The van der Waals surface area contributed by atoms with Gasteiger partial charge in [0.1, 0.15) is 20.0 Å². The molecule has 29 rings (SSSR count). The van der Waals surface area contributed by atoms with E-state index in [2.05, 4.69) is 526 Å². The topological polar surface area (TPSA) is 77.8 Å². The zero-order chi connectivity index (χ0) is 94.8. The number of rotatable bonds is 17. The van der Waals surface area contributed by atoms with Gasteiger partial charge in [0.05, 0.1) is 85.0 Å². The van der Waals surface area contributed by atoms with E-state index in [-0.39, 0.29) is 0 Å². The molecule has 0 saturated carbocycles. The molecule has 0 radical (unpaired) electrons. The number of thiazole rings is 4. The van der Waals surface area contributed by atoms with Gasteiger partial charge in [-0.15, -0.1) is 45.3 Å². The molecule has 0 atom stereocenters. The summed E-state index contributed by atoms with van der Waals surface area (Å²) in [4.78, 5) is 24.6. The lowest BCUT2D eigenvalue weighted by Crippen LogP contribution is -2.10. The van der Waals surface area contributed by atoms with Crippen molar-refractivity contribution in [1.82, 2.24) is 38.2 Å². The van der Waals surface area contributed by atoms with E-state index in [1.54, 1.807) is 45.3 Å².